The molecular formula is C16H16O3S. The average Bonchev–Trinajstić information content (AvgIpc) is 2.46. The minimum atomic E-state index is -1.18. The fraction of sp³-hybridized carbons (Fsp3) is 0.188. The molecule has 1 N–H and O–H groups in total. The third-order valence-electron chi connectivity index (χ3n) is 3.12. The summed E-state index contributed by atoms with van der Waals surface area (Å²) in [5.74, 6) is -0.490. The van der Waals surface area contributed by atoms with Crippen LogP contribution in [0.4, 0.5) is 0 Å². The number of benzene rings is 2. The molecular weight excluding hydrogens is 272 g/mol. The lowest BCUT2D eigenvalue weighted by atomic mass is 10.1. The van der Waals surface area contributed by atoms with E-state index in [1.165, 1.54) is 6.07 Å². The molecule has 0 aliphatic rings. The standard InChI is InChI=1S/C16H16O3S/c1-12-7-8-14(11-15(12)16(17)18)20(19)10-9-13-5-3-2-4-6-13/h2-8,11H,9-10H2,1H3,(H,17,18). The van der Waals surface area contributed by atoms with Crippen molar-refractivity contribution in [3.05, 3.63) is 65.2 Å². The van der Waals surface area contributed by atoms with Crippen LogP contribution in [-0.2, 0) is 17.2 Å². The Bertz CT molecular complexity index is 635. The molecule has 0 radical (unpaired) electrons. The normalized spacial score (nSPS) is 12.1. The lowest BCUT2D eigenvalue weighted by molar-refractivity contribution is 0.0696. The summed E-state index contributed by atoms with van der Waals surface area (Å²) >= 11 is 0. The van der Waals surface area contributed by atoms with Gasteiger partial charge < -0.3 is 5.11 Å². The van der Waals surface area contributed by atoms with Gasteiger partial charge in [0, 0.05) is 10.6 Å². The van der Waals surface area contributed by atoms with Crippen LogP contribution in [0.15, 0.2) is 53.4 Å². The fourth-order valence-corrected chi connectivity index (χ4v) is 3.07. The van der Waals surface area contributed by atoms with Crippen LogP contribution in [-0.4, -0.2) is 21.0 Å². The highest BCUT2D eigenvalue weighted by Gasteiger charge is 2.11. The van der Waals surface area contributed by atoms with Crippen molar-refractivity contribution in [3.8, 4) is 0 Å². The number of hydrogen-bond donors (Lipinski definition) is 1. The minimum Gasteiger partial charge on any atom is -0.478 e. The van der Waals surface area contributed by atoms with Crippen LogP contribution in [0.5, 0.6) is 0 Å². The Morgan fingerprint density at radius 3 is 2.50 bits per heavy atom. The molecule has 2 aromatic rings. The first-order chi connectivity index (χ1) is 9.58. The zero-order valence-electron chi connectivity index (χ0n) is 11.2. The average molecular weight is 288 g/mol. The molecule has 0 aromatic heterocycles. The first-order valence-electron chi connectivity index (χ1n) is 6.34. The summed E-state index contributed by atoms with van der Waals surface area (Å²) in [7, 11) is -1.18. The van der Waals surface area contributed by atoms with Crippen molar-refractivity contribution in [1.82, 2.24) is 0 Å². The Balaban J connectivity index is 2.10. The highest BCUT2D eigenvalue weighted by molar-refractivity contribution is 7.85. The summed E-state index contributed by atoms with van der Waals surface area (Å²) in [4.78, 5) is 11.7. The van der Waals surface area contributed by atoms with Crippen LogP contribution in [0.25, 0.3) is 0 Å². The van der Waals surface area contributed by atoms with Crippen LogP contribution >= 0.6 is 0 Å². The van der Waals surface area contributed by atoms with Crippen molar-refractivity contribution in [3.63, 3.8) is 0 Å². The minimum absolute atomic E-state index is 0.218. The van der Waals surface area contributed by atoms with Crippen molar-refractivity contribution >= 4 is 16.8 Å². The van der Waals surface area contributed by atoms with Gasteiger partial charge in [0.25, 0.3) is 0 Å². The lowest BCUT2D eigenvalue weighted by Crippen LogP contribution is -2.05. The molecule has 0 heterocycles. The van der Waals surface area contributed by atoms with E-state index in [4.69, 9.17) is 5.11 Å². The Labute approximate surface area is 120 Å². The van der Waals surface area contributed by atoms with Crippen LogP contribution in [0.1, 0.15) is 21.5 Å². The molecule has 0 spiro atoms. The van der Waals surface area contributed by atoms with Crippen LogP contribution in [0.2, 0.25) is 0 Å². The van der Waals surface area contributed by atoms with E-state index in [1.54, 1.807) is 19.1 Å². The number of aromatic carboxylic acids is 1. The molecule has 0 saturated heterocycles. The van der Waals surface area contributed by atoms with Gasteiger partial charge in [-0.1, -0.05) is 36.4 Å². The Kier molecular flexibility index (Phi) is 4.69. The quantitative estimate of drug-likeness (QED) is 0.920. The van der Waals surface area contributed by atoms with Crippen LogP contribution in [0, 0.1) is 6.92 Å². The van der Waals surface area contributed by atoms with Crippen molar-refractivity contribution in [2.45, 2.75) is 18.2 Å². The smallest absolute Gasteiger partial charge is 0.335 e. The zero-order chi connectivity index (χ0) is 14.5. The van der Waals surface area contributed by atoms with Crippen molar-refractivity contribution in [2.24, 2.45) is 0 Å². The number of carboxylic acid groups (broad SMARTS) is 1. The number of rotatable bonds is 5. The van der Waals surface area contributed by atoms with Crippen molar-refractivity contribution in [2.75, 3.05) is 5.75 Å². The monoisotopic (exact) mass is 288 g/mol. The molecule has 1 atom stereocenters. The van der Waals surface area contributed by atoms with E-state index >= 15 is 0 Å². The molecule has 0 aliphatic carbocycles. The second-order valence-corrected chi connectivity index (χ2v) is 6.14. The van der Waals surface area contributed by atoms with Gasteiger partial charge in [-0.3, -0.25) is 4.21 Å². The molecule has 3 nitrogen and oxygen atoms in total. The first kappa shape index (κ1) is 14.5. The van der Waals surface area contributed by atoms with Gasteiger partial charge >= 0.3 is 5.97 Å². The SMILES string of the molecule is Cc1ccc(S(=O)CCc2ccccc2)cc1C(=O)O. The van der Waals surface area contributed by atoms with Crippen molar-refractivity contribution in [1.29, 1.82) is 0 Å². The summed E-state index contributed by atoms with van der Waals surface area (Å²) in [5.41, 5.74) is 2.03. The highest BCUT2D eigenvalue weighted by Crippen LogP contribution is 2.15. The number of carboxylic acids is 1. The summed E-state index contributed by atoms with van der Waals surface area (Å²) in [6.45, 7) is 1.74. The van der Waals surface area contributed by atoms with Gasteiger partial charge in [-0.2, -0.15) is 0 Å². The van der Waals surface area contributed by atoms with E-state index in [2.05, 4.69) is 0 Å². The summed E-state index contributed by atoms with van der Waals surface area (Å²) in [6, 6.07) is 14.8. The van der Waals surface area contributed by atoms with E-state index in [0.29, 0.717) is 22.6 Å². The van der Waals surface area contributed by atoms with Crippen LogP contribution < -0.4 is 0 Å². The predicted molar refractivity (Wildman–Crippen MR) is 79.6 cm³/mol. The molecule has 1 unspecified atom stereocenters. The highest BCUT2D eigenvalue weighted by atomic mass is 32.2. The van der Waals surface area contributed by atoms with E-state index in [-0.39, 0.29) is 5.56 Å². The van der Waals surface area contributed by atoms with Gasteiger partial charge in [0.2, 0.25) is 0 Å². The zero-order valence-corrected chi connectivity index (χ0v) is 12.0. The predicted octanol–water partition coefficient (Wildman–Crippen LogP) is 3.04. The van der Waals surface area contributed by atoms with Gasteiger partial charge in [0.15, 0.2) is 0 Å². The second-order valence-electron chi connectivity index (χ2n) is 4.57. The first-order valence-corrected chi connectivity index (χ1v) is 7.66. The Morgan fingerprint density at radius 2 is 1.85 bits per heavy atom. The molecule has 4 heteroatoms. The van der Waals surface area contributed by atoms with Gasteiger partial charge in [0.1, 0.15) is 0 Å². The van der Waals surface area contributed by atoms with E-state index < -0.39 is 16.8 Å². The molecule has 2 aromatic carbocycles. The second kappa shape index (κ2) is 6.48. The Hall–Kier alpha value is -1.94. The van der Waals surface area contributed by atoms with Crippen molar-refractivity contribution < 1.29 is 14.1 Å². The van der Waals surface area contributed by atoms with Gasteiger partial charge in [-0.25, -0.2) is 4.79 Å². The van der Waals surface area contributed by atoms with Gasteiger partial charge in [0.05, 0.1) is 16.4 Å². The topological polar surface area (TPSA) is 54.4 Å². The molecule has 0 saturated carbocycles. The fourth-order valence-electron chi connectivity index (χ4n) is 1.95. The summed E-state index contributed by atoms with van der Waals surface area (Å²) < 4.78 is 12.2. The largest absolute Gasteiger partial charge is 0.478 e. The maximum Gasteiger partial charge on any atom is 0.335 e. The molecule has 0 amide bonds. The van der Waals surface area contributed by atoms with Gasteiger partial charge in [-0.05, 0) is 36.6 Å². The molecule has 0 fully saturated rings. The summed E-state index contributed by atoms with van der Waals surface area (Å²) in [6.07, 6.45) is 0.712. The Morgan fingerprint density at radius 1 is 1.15 bits per heavy atom. The maximum absolute atomic E-state index is 12.2. The number of carbonyl (C=O) groups is 1. The molecule has 0 bridgehead atoms. The molecule has 2 rings (SSSR count). The van der Waals surface area contributed by atoms with E-state index in [0.717, 1.165) is 5.56 Å². The molecule has 20 heavy (non-hydrogen) atoms. The number of hydrogen-bond acceptors (Lipinski definition) is 2. The van der Waals surface area contributed by atoms with Crippen LogP contribution in [0.3, 0.4) is 0 Å². The van der Waals surface area contributed by atoms with E-state index in [9.17, 15) is 9.00 Å². The third kappa shape index (κ3) is 3.54. The lowest BCUT2D eigenvalue weighted by Gasteiger charge is -2.06. The number of aryl methyl sites for hydroxylation is 2. The third-order valence-corrected chi connectivity index (χ3v) is 4.48. The maximum atomic E-state index is 12.2. The summed E-state index contributed by atoms with van der Waals surface area (Å²) in [5, 5.41) is 9.08. The van der Waals surface area contributed by atoms with E-state index in [1.807, 2.05) is 30.3 Å². The molecule has 0 aliphatic heterocycles. The molecule has 104 valence electrons. The van der Waals surface area contributed by atoms with Gasteiger partial charge in [-0.15, -0.1) is 0 Å².